The maximum Gasteiger partial charge on any atom is 0.227 e. The summed E-state index contributed by atoms with van der Waals surface area (Å²) >= 11 is 6.10. The third-order valence-electron chi connectivity index (χ3n) is 5.12. The fourth-order valence-corrected chi connectivity index (χ4v) is 3.77. The Labute approximate surface area is 169 Å². The molecule has 0 aliphatic carbocycles. The zero-order valence-corrected chi connectivity index (χ0v) is 16.2. The minimum Gasteiger partial charge on any atom is -0.342 e. The minimum atomic E-state index is 0.158. The van der Waals surface area contributed by atoms with Crippen LogP contribution in [0, 0.1) is 0 Å². The second-order valence-corrected chi connectivity index (χ2v) is 7.47. The van der Waals surface area contributed by atoms with Gasteiger partial charge in [-0.3, -0.25) is 14.8 Å². The van der Waals surface area contributed by atoms with Gasteiger partial charge in [0.25, 0.3) is 0 Å². The maximum absolute atomic E-state index is 12.5. The lowest BCUT2D eigenvalue weighted by Gasteiger charge is -2.31. The summed E-state index contributed by atoms with van der Waals surface area (Å²) in [6, 6.07) is 11.4. The predicted octanol–water partition coefficient (Wildman–Crippen LogP) is 4.14. The van der Waals surface area contributed by atoms with Crippen LogP contribution in [-0.2, 0) is 11.2 Å². The number of amides is 1. The van der Waals surface area contributed by atoms with E-state index in [1.807, 2.05) is 47.5 Å². The number of piperidine rings is 1. The topological polar surface area (TPSA) is 59.0 Å². The van der Waals surface area contributed by atoms with Crippen molar-refractivity contribution in [3.63, 3.8) is 0 Å². The van der Waals surface area contributed by atoms with Gasteiger partial charge < -0.3 is 4.90 Å². The monoisotopic (exact) mass is 392 g/mol. The van der Waals surface area contributed by atoms with Crippen molar-refractivity contribution in [3.05, 3.63) is 77.5 Å². The van der Waals surface area contributed by atoms with E-state index >= 15 is 0 Å². The van der Waals surface area contributed by atoms with Crippen LogP contribution in [0.15, 0.2) is 61.2 Å². The number of carbonyl (C=O) groups excluding carboxylic acids is 1. The lowest BCUT2D eigenvalue weighted by molar-refractivity contribution is -0.131. The molecule has 4 rings (SSSR count). The average Bonchev–Trinajstić information content (AvgIpc) is 2.75. The Morgan fingerprint density at radius 2 is 1.93 bits per heavy atom. The molecule has 3 aromatic rings. The van der Waals surface area contributed by atoms with Gasteiger partial charge in [-0.25, -0.2) is 4.98 Å². The first-order valence-corrected chi connectivity index (χ1v) is 9.81. The number of rotatable bonds is 4. The Hall–Kier alpha value is -2.79. The van der Waals surface area contributed by atoms with Crippen LogP contribution in [-0.4, -0.2) is 38.8 Å². The van der Waals surface area contributed by atoms with Crippen molar-refractivity contribution in [1.82, 2.24) is 19.9 Å². The van der Waals surface area contributed by atoms with Crippen molar-refractivity contribution >= 4 is 17.5 Å². The molecule has 0 N–H and O–H groups in total. The molecular weight excluding hydrogens is 372 g/mol. The number of aromatic nitrogens is 3. The van der Waals surface area contributed by atoms with Crippen LogP contribution >= 0.6 is 11.6 Å². The first-order valence-electron chi connectivity index (χ1n) is 9.43. The molecule has 3 heterocycles. The van der Waals surface area contributed by atoms with Crippen molar-refractivity contribution in [2.45, 2.75) is 25.2 Å². The molecule has 0 spiro atoms. The Morgan fingerprint density at radius 3 is 2.68 bits per heavy atom. The highest BCUT2D eigenvalue weighted by Gasteiger charge is 2.25. The van der Waals surface area contributed by atoms with Crippen LogP contribution in [0.4, 0.5) is 0 Å². The number of pyridine rings is 1. The standard InChI is InChI=1S/C22H21ClN4O/c23-19-5-1-4-18(12-19)21-15-25-14-20(26-21)17-6-9-27(10-7-17)22(28)11-16-3-2-8-24-13-16/h1-5,8,12-15,17H,6-7,9-11H2. The Kier molecular flexibility index (Phi) is 5.63. The Balaban J connectivity index is 1.40. The third kappa shape index (κ3) is 4.37. The molecule has 1 saturated heterocycles. The number of halogens is 1. The van der Waals surface area contributed by atoms with E-state index in [1.165, 1.54) is 0 Å². The van der Waals surface area contributed by atoms with Crippen LogP contribution in [0.2, 0.25) is 5.02 Å². The van der Waals surface area contributed by atoms with Crippen molar-refractivity contribution in [1.29, 1.82) is 0 Å². The van der Waals surface area contributed by atoms with Gasteiger partial charge in [0.1, 0.15) is 0 Å². The molecule has 28 heavy (non-hydrogen) atoms. The predicted molar refractivity (Wildman–Crippen MR) is 109 cm³/mol. The summed E-state index contributed by atoms with van der Waals surface area (Å²) in [5, 5.41) is 0.685. The number of carbonyl (C=O) groups is 1. The summed E-state index contributed by atoms with van der Waals surface area (Å²) in [6.45, 7) is 1.49. The summed E-state index contributed by atoms with van der Waals surface area (Å²) in [5.74, 6) is 0.472. The SMILES string of the molecule is O=C(Cc1cccnc1)N1CCC(c2cncc(-c3cccc(Cl)c3)n2)CC1. The number of benzene rings is 1. The van der Waals surface area contributed by atoms with Crippen LogP contribution in [0.3, 0.4) is 0 Å². The largest absolute Gasteiger partial charge is 0.342 e. The highest BCUT2D eigenvalue weighted by molar-refractivity contribution is 6.30. The smallest absolute Gasteiger partial charge is 0.227 e. The van der Waals surface area contributed by atoms with E-state index in [0.29, 0.717) is 17.4 Å². The molecule has 1 amide bonds. The summed E-state index contributed by atoms with van der Waals surface area (Å²) in [6.07, 6.45) is 9.27. The van der Waals surface area contributed by atoms with Gasteiger partial charge in [-0.2, -0.15) is 0 Å². The van der Waals surface area contributed by atoms with E-state index in [4.69, 9.17) is 16.6 Å². The Morgan fingerprint density at radius 1 is 1.07 bits per heavy atom. The molecule has 2 aromatic heterocycles. The van der Waals surface area contributed by atoms with Crippen LogP contribution < -0.4 is 0 Å². The molecule has 0 radical (unpaired) electrons. The number of likely N-dealkylation sites (tertiary alicyclic amines) is 1. The lowest BCUT2D eigenvalue weighted by Crippen LogP contribution is -2.39. The molecule has 142 valence electrons. The van der Waals surface area contributed by atoms with Gasteiger partial charge in [-0.15, -0.1) is 0 Å². The van der Waals surface area contributed by atoms with Crippen LogP contribution in [0.1, 0.15) is 30.0 Å². The van der Waals surface area contributed by atoms with Crippen molar-refractivity contribution in [2.75, 3.05) is 13.1 Å². The normalized spacial score (nSPS) is 14.8. The quantitative estimate of drug-likeness (QED) is 0.669. The molecule has 1 aliphatic rings. The lowest BCUT2D eigenvalue weighted by atomic mass is 9.93. The highest BCUT2D eigenvalue weighted by Crippen LogP contribution is 2.28. The van der Waals surface area contributed by atoms with E-state index in [9.17, 15) is 4.79 Å². The molecule has 0 bridgehead atoms. The number of nitrogens with zero attached hydrogens (tertiary/aromatic N) is 4. The summed E-state index contributed by atoms with van der Waals surface area (Å²) in [4.78, 5) is 27.8. The molecule has 6 heteroatoms. The molecule has 0 atom stereocenters. The third-order valence-corrected chi connectivity index (χ3v) is 5.35. The first kappa shape index (κ1) is 18.6. The van der Waals surface area contributed by atoms with Gasteiger partial charge in [0.2, 0.25) is 5.91 Å². The molecule has 1 fully saturated rings. The summed E-state index contributed by atoms with van der Waals surface area (Å²) in [5.41, 5.74) is 3.73. The van der Waals surface area contributed by atoms with Crippen molar-refractivity contribution < 1.29 is 4.79 Å². The molecule has 0 saturated carbocycles. The van der Waals surface area contributed by atoms with E-state index < -0.39 is 0 Å². The van der Waals surface area contributed by atoms with Gasteiger partial charge in [-0.05, 0) is 36.6 Å². The van der Waals surface area contributed by atoms with Gasteiger partial charge in [-0.1, -0.05) is 29.8 Å². The maximum atomic E-state index is 12.5. The molecule has 1 aromatic carbocycles. The second kappa shape index (κ2) is 8.48. The van der Waals surface area contributed by atoms with Gasteiger partial charge >= 0.3 is 0 Å². The van der Waals surface area contributed by atoms with E-state index in [2.05, 4.69) is 9.97 Å². The minimum absolute atomic E-state index is 0.158. The highest BCUT2D eigenvalue weighted by atomic mass is 35.5. The fourth-order valence-electron chi connectivity index (χ4n) is 3.58. The first-order chi connectivity index (χ1) is 13.7. The van der Waals surface area contributed by atoms with Crippen LogP contribution in [0.25, 0.3) is 11.3 Å². The molecule has 1 aliphatic heterocycles. The molecule has 5 nitrogen and oxygen atoms in total. The van der Waals surface area contributed by atoms with E-state index in [0.717, 1.165) is 48.4 Å². The van der Waals surface area contributed by atoms with Gasteiger partial charge in [0, 0.05) is 48.2 Å². The molecular formula is C22H21ClN4O. The number of hydrogen-bond acceptors (Lipinski definition) is 4. The summed E-state index contributed by atoms with van der Waals surface area (Å²) in [7, 11) is 0. The van der Waals surface area contributed by atoms with Crippen molar-refractivity contribution in [3.8, 4) is 11.3 Å². The van der Waals surface area contributed by atoms with E-state index in [1.54, 1.807) is 18.6 Å². The second-order valence-electron chi connectivity index (χ2n) is 7.03. The number of hydrogen-bond donors (Lipinski definition) is 0. The van der Waals surface area contributed by atoms with Crippen LogP contribution in [0.5, 0.6) is 0 Å². The van der Waals surface area contributed by atoms with E-state index in [-0.39, 0.29) is 5.91 Å². The average molecular weight is 393 g/mol. The zero-order valence-electron chi connectivity index (χ0n) is 15.5. The van der Waals surface area contributed by atoms with Gasteiger partial charge in [0.05, 0.1) is 24.0 Å². The fraction of sp³-hybridized carbons (Fsp3) is 0.273. The van der Waals surface area contributed by atoms with Crippen molar-refractivity contribution in [2.24, 2.45) is 0 Å². The summed E-state index contributed by atoms with van der Waals surface area (Å²) < 4.78 is 0. The van der Waals surface area contributed by atoms with Gasteiger partial charge in [0.15, 0.2) is 0 Å². The molecule has 0 unspecified atom stereocenters. The zero-order chi connectivity index (χ0) is 19.3. The Bertz CT molecular complexity index is 956.